The zero-order valence-electron chi connectivity index (χ0n) is 10.6. The van der Waals surface area contributed by atoms with E-state index < -0.39 is 0 Å². The van der Waals surface area contributed by atoms with Crippen molar-refractivity contribution in [1.29, 1.82) is 0 Å². The van der Waals surface area contributed by atoms with Crippen molar-refractivity contribution in [2.24, 2.45) is 0 Å². The summed E-state index contributed by atoms with van der Waals surface area (Å²) in [6.07, 6.45) is 10.5. The first-order chi connectivity index (χ1) is 8.24. The maximum absolute atomic E-state index is 11.5. The molecule has 1 rings (SSSR count). The first-order valence-corrected chi connectivity index (χ1v) is 6.98. The van der Waals surface area contributed by atoms with Gasteiger partial charge in [-0.15, -0.1) is 0 Å². The van der Waals surface area contributed by atoms with E-state index in [4.69, 9.17) is 11.6 Å². The second-order valence-corrected chi connectivity index (χ2v) is 4.94. The molecular weight excluding hydrogens is 234 g/mol. The number of rotatable bonds is 8. The Morgan fingerprint density at radius 1 is 1.06 bits per heavy atom. The lowest BCUT2D eigenvalue weighted by Gasteiger charge is -2.05. The lowest BCUT2D eigenvalue weighted by Crippen LogP contribution is -2.18. The molecule has 1 aromatic rings. The van der Waals surface area contributed by atoms with E-state index in [2.05, 4.69) is 6.92 Å². The molecular formula is C14H22ClNO. The van der Waals surface area contributed by atoms with Gasteiger partial charge in [-0.3, -0.25) is 4.79 Å². The van der Waals surface area contributed by atoms with Crippen molar-refractivity contribution in [3.05, 3.63) is 33.7 Å². The summed E-state index contributed by atoms with van der Waals surface area (Å²) >= 11 is 5.85. The molecule has 0 radical (unpaired) electrons. The zero-order valence-corrected chi connectivity index (χ0v) is 11.4. The first-order valence-electron chi connectivity index (χ1n) is 6.60. The van der Waals surface area contributed by atoms with Crippen LogP contribution in [0.2, 0.25) is 5.02 Å². The van der Waals surface area contributed by atoms with Crippen molar-refractivity contribution in [3.8, 4) is 0 Å². The van der Waals surface area contributed by atoms with Crippen LogP contribution in [0.4, 0.5) is 0 Å². The Kier molecular flexibility index (Phi) is 7.02. The molecule has 0 aliphatic carbocycles. The summed E-state index contributed by atoms with van der Waals surface area (Å²) < 4.78 is 1.70. The zero-order chi connectivity index (χ0) is 12.5. The molecule has 2 nitrogen and oxygen atoms in total. The number of nitrogens with zero attached hydrogens (tertiary/aromatic N) is 1. The van der Waals surface area contributed by atoms with E-state index >= 15 is 0 Å². The van der Waals surface area contributed by atoms with Crippen molar-refractivity contribution in [2.45, 2.75) is 58.4 Å². The summed E-state index contributed by atoms with van der Waals surface area (Å²) in [6, 6.07) is 3.18. The number of hydrogen-bond acceptors (Lipinski definition) is 1. The maximum Gasteiger partial charge on any atom is 0.250 e. The molecule has 1 aromatic heterocycles. The van der Waals surface area contributed by atoms with Gasteiger partial charge in [0.2, 0.25) is 0 Å². The van der Waals surface area contributed by atoms with E-state index in [-0.39, 0.29) is 5.56 Å². The highest BCUT2D eigenvalue weighted by molar-refractivity contribution is 6.30. The largest absolute Gasteiger partial charge is 0.314 e. The van der Waals surface area contributed by atoms with E-state index in [1.54, 1.807) is 16.8 Å². The quantitative estimate of drug-likeness (QED) is 0.637. The second-order valence-electron chi connectivity index (χ2n) is 4.50. The smallest absolute Gasteiger partial charge is 0.250 e. The van der Waals surface area contributed by atoms with Gasteiger partial charge in [-0.05, 0) is 12.5 Å². The van der Waals surface area contributed by atoms with Crippen LogP contribution in [0.5, 0.6) is 0 Å². The van der Waals surface area contributed by atoms with Gasteiger partial charge in [-0.1, -0.05) is 57.0 Å². The van der Waals surface area contributed by atoms with Gasteiger partial charge in [-0.25, -0.2) is 0 Å². The van der Waals surface area contributed by atoms with Gasteiger partial charge in [0.15, 0.2) is 0 Å². The molecule has 17 heavy (non-hydrogen) atoms. The number of unbranched alkanes of at least 4 members (excludes halogenated alkanes) is 6. The molecule has 0 amide bonds. The van der Waals surface area contributed by atoms with Crippen LogP contribution in [0.1, 0.15) is 51.9 Å². The van der Waals surface area contributed by atoms with Crippen molar-refractivity contribution in [2.75, 3.05) is 0 Å². The van der Waals surface area contributed by atoms with E-state index in [0.29, 0.717) is 5.02 Å². The van der Waals surface area contributed by atoms with Gasteiger partial charge in [0, 0.05) is 18.8 Å². The first kappa shape index (κ1) is 14.3. The lowest BCUT2D eigenvalue weighted by molar-refractivity contribution is 0.543. The number of aromatic nitrogens is 1. The number of pyridine rings is 1. The Morgan fingerprint density at radius 3 is 2.41 bits per heavy atom. The summed E-state index contributed by atoms with van der Waals surface area (Å²) in [6.45, 7) is 3.01. The minimum absolute atomic E-state index is 0.0420. The molecule has 0 spiro atoms. The standard InChI is InChI=1S/C14H22ClNO/c1-2-3-4-5-6-7-8-11-16-12-13(15)9-10-14(16)17/h9-10,12H,2-8,11H2,1H3. The van der Waals surface area contributed by atoms with E-state index in [1.807, 2.05) is 0 Å². The number of halogens is 1. The molecule has 0 saturated heterocycles. The molecule has 0 unspecified atom stereocenters. The predicted octanol–water partition coefficient (Wildman–Crippen LogP) is 4.25. The molecule has 0 bridgehead atoms. The monoisotopic (exact) mass is 255 g/mol. The topological polar surface area (TPSA) is 22.0 Å². The molecule has 3 heteroatoms. The van der Waals surface area contributed by atoms with E-state index in [0.717, 1.165) is 13.0 Å². The normalized spacial score (nSPS) is 10.7. The average Bonchev–Trinajstić information content (AvgIpc) is 2.32. The Bertz CT molecular complexity index is 373. The third kappa shape index (κ3) is 5.92. The summed E-state index contributed by atoms with van der Waals surface area (Å²) in [5.41, 5.74) is 0.0420. The highest BCUT2D eigenvalue weighted by atomic mass is 35.5. The van der Waals surface area contributed by atoms with Crippen LogP contribution >= 0.6 is 11.6 Å². The second kappa shape index (κ2) is 8.35. The van der Waals surface area contributed by atoms with E-state index in [9.17, 15) is 4.79 Å². The summed E-state index contributed by atoms with van der Waals surface area (Å²) in [5, 5.41) is 0.632. The third-order valence-corrected chi connectivity index (χ3v) is 3.17. The molecule has 0 aromatic carbocycles. The molecule has 96 valence electrons. The van der Waals surface area contributed by atoms with Crippen LogP contribution in [0.15, 0.2) is 23.1 Å². The van der Waals surface area contributed by atoms with Crippen LogP contribution in [0.3, 0.4) is 0 Å². The van der Waals surface area contributed by atoms with Crippen LogP contribution < -0.4 is 5.56 Å². The van der Waals surface area contributed by atoms with Crippen molar-refractivity contribution in [1.82, 2.24) is 4.57 Å². The minimum Gasteiger partial charge on any atom is -0.314 e. The average molecular weight is 256 g/mol. The molecule has 0 saturated carbocycles. The lowest BCUT2D eigenvalue weighted by atomic mass is 10.1. The molecule has 1 heterocycles. The molecule has 0 aliphatic rings. The summed E-state index contributed by atoms with van der Waals surface area (Å²) in [7, 11) is 0. The molecule has 0 aliphatic heterocycles. The maximum atomic E-state index is 11.5. The Labute approximate surface area is 109 Å². The Hall–Kier alpha value is -0.760. The molecule has 0 atom stereocenters. The van der Waals surface area contributed by atoms with Gasteiger partial charge in [0.25, 0.3) is 5.56 Å². The van der Waals surface area contributed by atoms with Crippen molar-refractivity contribution < 1.29 is 0 Å². The van der Waals surface area contributed by atoms with Gasteiger partial charge < -0.3 is 4.57 Å². The summed E-state index contributed by atoms with van der Waals surface area (Å²) in [4.78, 5) is 11.5. The van der Waals surface area contributed by atoms with Gasteiger partial charge in [-0.2, -0.15) is 0 Å². The number of aryl methyl sites for hydroxylation is 1. The van der Waals surface area contributed by atoms with Crippen LogP contribution in [-0.2, 0) is 6.54 Å². The van der Waals surface area contributed by atoms with Crippen molar-refractivity contribution >= 4 is 11.6 Å². The van der Waals surface area contributed by atoms with Crippen molar-refractivity contribution in [3.63, 3.8) is 0 Å². The highest BCUT2D eigenvalue weighted by Gasteiger charge is 1.97. The fourth-order valence-corrected chi connectivity index (χ4v) is 2.10. The SMILES string of the molecule is CCCCCCCCCn1cc(Cl)ccc1=O. The fraction of sp³-hybridized carbons (Fsp3) is 0.643. The predicted molar refractivity (Wildman–Crippen MR) is 73.7 cm³/mol. The van der Waals surface area contributed by atoms with E-state index in [1.165, 1.54) is 44.6 Å². The highest BCUT2D eigenvalue weighted by Crippen LogP contribution is 2.08. The van der Waals surface area contributed by atoms with Gasteiger partial charge in [0.05, 0.1) is 5.02 Å². The molecule has 0 N–H and O–H groups in total. The van der Waals surface area contributed by atoms with Gasteiger partial charge in [0.1, 0.15) is 0 Å². The third-order valence-electron chi connectivity index (χ3n) is 2.95. The van der Waals surface area contributed by atoms with Crippen LogP contribution in [-0.4, -0.2) is 4.57 Å². The van der Waals surface area contributed by atoms with Crippen LogP contribution in [0.25, 0.3) is 0 Å². The number of hydrogen-bond donors (Lipinski definition) is 0. The molecule has 0 fully saturated rings. The fourth-order valence-electron chi connectivity index (χ4n) is 1.92. The Morgan fingerprint density at radius 2 is 1.71 bits per heavy atom. The van der Waals surface area contributed by atoms with Gasteiger partial charge >= 0.3 is 0 Å². The Balaban J connectivity index is 2.18. The minimum atomic E-state index is 0.0420. The summed E-state index contributed by atoms with van der Waals surface area (Å²) in [5.74, 6) is 0. The van der Waals surface area contributed by atoms with Crippen LogP contribution in [0, 0.1) is 0 Å².